The minimum atomic E-state index is 0.737. The predicted octanol–water partition coefficient (Wildman–Crippen LogP) is 4.11. The molecule has 0 amide bonds. The van der Waals surface area contributed by atoms with Gasteiger partial charge in [0.2, 0.25) is 0 Å². The lowest BCUT2D eigenvalue weighted by molar-refractivity contribution is 1.10. The van der Waals surface area contributed by atoms with Gasteiger partial charge < -0.3 is 5.32 Å². The van der Waals surface area contributed by atoms with Gasteiger partial charge in [-0.2, -0.15) is 0 Å². The maximum Gasteiger partial charge on any atom is 0.127 e. The smallest absolute Gasteiger partial charge is 0.127 e. The Bertz CT molecular complexity index is 471. The number of hydrogen-bond acceptors (Lipinski definition) is 2. The highest BCUT2D eigenvalue weighted by atomic mass is 79.9. The van der Waals surface area contributed by atoms with Crippen LogP contribution in [0.2, 0.25) is 5.02 Å². The molecule has 0 atom stereocenters. The first-order valence-electron chi connectivity index (χ1n) is 4.85. The predicted molar refractivity (Wildman–Crippen MR) is 70.7 cm³/mol. The van der Waals surface area contributed by atoms with Gasteiger partial charge in [0.1, 0.15) is 10.4 Å². The van der Waals surface area contributed by atoms with Gasteiger partial charge in [-0.05, 0) is 45.8 Å². The van der Waals surface area contributed by atoms with Crippen LogP contribution in [0.5, 0.6) is 0 Å². The van der Waals surface area contributed by atoms with Crippen LogP contribution in [-0.2, 0) is 6.54 Å². The summed E-state index contributed by atoms with van der Waals surface area (Å²) in [5.41, 5.74) is 1.17. The largest absolute Gasteiger partial charge is 0.366 e. The van der Waals surface area contributed by atoms with E-state index < -0.39 is 0 Å². The van der Waals surface area contributed by atoms with Crippen molar-refractivity contribution in [2.45, 2.75) is 6.54 Å². The summed E-state index contributed by atoms with van der Waals surface area (Å²) >= 11 is 9.14. The summed E-state index contributed by atoms with van der Waals surface area (Å²) in [4.78, 5) is 4.29. The Morgan fingerprint density at radius 2 is 1.88 bits per heavy atom. The third kappa shape index (κ3) is 3.22. The van der Waals surface area contributed by atoms with E-state index in [2.05, 4.69) is 26.2 Å². The zero-order valence-electron chi connectivity index (χ0n) is 8.45. The molecule has 82 valence electrons. The lowest BCUT2D eigenvalue weighted by Gasteiger charge is -2.05. The van der Waals surface area contributed by atoms with Crippen LogP contribution in [0.4, 0.5) is 5.82 Å². The van der Waals surface area contributed by atoms with Gasteiger partial charge in [-0.15, -0.1) is 0 Å². The molecule has 0 aliphatic rings. The molecule has 2 rings (SSSR count). The Balaban J connectivity index is 1.99. The van der Waals surface area contributed by atoms with E-state index in [1.54, 1.807) is 0 Å². The summed E-state index contributed by atoms with van der Waals surface area (Å²) in [7, 11) is 0. The topological polar surface area (TPSA) is 24.9 Å². The summed E-state index contributed by atoms with van der Waals surface area (Å²) in [6.07, 6.45) is 0. The highest BCUT2D eigenvalue weighted by Crippen LogP contribution is 2.13. The lowest BCUT2D eigenvalue weighted by atomic mass is 10.2. The van der Waals surface area contributed by atoms with Gasteiger partial charge in [0, 0.05) is 11.6 Å². The number of nitrogens with zero attached hydrogens (tertiary/aromatic N) is 1. The maximum atomic E-state index is 5.81. The second-order valence-corrected chi connectivity index (χ2v) is 4.57. The van der Waals surface area contributed by atoms with Gasteiger partial charge in [-0.1, -0.05) is 29.8 Å². The van der Waals surface area contributed by atoms with E-state index in [0.717, 1.165) is 22.0 Å². The molecule has 1 heterocycles. The fourth-order valence-corrected chi connectivity index (χ4v) is 1.77. The first-order valence-corrected chi connectivity index (χ1v) is 6.02. The summed E-state index contributed by atoms with van der Waals surface area (Å²) in [6, 6.07) is 13.5. The van der Waals surface area contributed by atoms with Crippen molar-refractivity contribution >= 4 is 33.3 Å². The quantitative estimate of drug-likeness (QED) is 0.862. The highest BCUT2D eigenvalue weighted by Gasteiger charge is 1.96. The van der Waals surface area contributed by atoms with Crippen molar-refractivity contribution in [2.75, 3.05) is 5.32 Å². The highest BCUT2D eigenvalue weighted by molar-refractivity contribution is 9.10. The first kappa shape index (κ1) is 11.4. The molecule has 4 heteroatoms. The lowest BCUT2D eigenvalue weighted by Crippen LogP contribution is -2.00. The van der Waals surface area contributed by atoms with Crippen molar-refractivity contribution in [3.05, 3.63) is 57.7 Å². The van der Waals surface area contributed by atoms with Crippen molar-refractivity contribution in [3.63, 3.8) is 0 Å². The molecule has 0 unspecified atom stereocenters. The van der Waals surface area contributed by atoms with Gasteiger partial charge in [0.05, 0.1) is 0 Å². The maximum absolute atomic E-state index is 5.81. The van der Waals surface area contributed by atoms with Crippen molar-refractivity contribution in [3.8, 4) is 0 Å². The first-order chi connectivity index (χ1) is 7.74. The Labute approximate surface area is 108 Å². The molecule has 2 nitrogen and oxygen atoms in total. The number of benzene rings is 1. The number of pyridine rings is 1. The van der Waals surface area contributed by atoms with Crippen LogP contribution in [0.15, 0.2) is 47.1 Å². The standard InChI is InChI=1S/C12H10BrClN2/c13-11-2-1-3-12(16-11)15-8-9-4-6-10(14)7-5-9/h1-7H,8H2,(H,15,16). The average molecular weight is 298 g/mol. The van der Waals surface area contributed by atoms with Crippen LogP contribution in [0.25, 0.3) is 0 Å². The third-order valence-electron chi connectivity index (χ3n) is 2.10. The molecule has 16 heavy (non-hydrogen) atoms. The number of nitrogens with one attached hydrogen (secondary N) is 1. The molecular weight excluding hydrogens is 288 g/mol. The summed E-state index contributed by atoms with van der Waals surface area (Å²) in [5.74, 6) is 0.851. The number of rotatable bonds is 3. The van der Waals surface area contributed by atoms with E-state index in [1.165, 1.54) is 5.56 Å². The molecule has 0 aliphatic heterocycles. The minimum Gasteiger partial charge on any atom is -0.366 e. The van der Waals surface area contributed by atoms with Crippen LogP contribution in [0, 0.1) is 0 Å². The molecule has 0 aliphatic carbocycles. The third-order valence-corrected chi connectivity index (χ3v) is 2.80. The normalized spacial score (nSPS) is 10.1. The summed E-state index contributed by atoms with van der Waals surface area (Å²) in [6.45, 7) is 0.737. The second kappa shape index (κ2) is 5.32. The van der Waals surface area contributed by atoms with Gasteiger partial charge in [0.15, 0.2) is 0 Å². The van der Waals surface area contributed by atoms with Gasteiger partial charge in [0.25, 0.3) is 0 Å². The van der Waals surface area contributed by atoms with Crippen molar-refractivity contribution < 1.29 is 0 Å². The molecule has 1 aromatic carbocycles. The zero-order valence-corrected chi connectivity index (χ0v) is 10.8. The van der Waals surface area contributed by atoms with E-state index in [9.17, 15) is 0 Å². The van der Waals surface area contributed by atoms with Crippen molar-refractivity contribution in [1.82, 2.24) is 4.98 Å². The monoisotopic (exact) mass is 296 g/mol. The molecule has 0 spiro atoms. The van der Waals surface area contributed by atoms with E-state index in [-0.39, 0.29) is 0 Å². The van der Waals surface area contributed by atoms with Crippen LogP contribution in [-0.4, -0.2) is 4.98 Å². The molecule has 1 aromatic heterocycles. The molecule has 0 bridgehead atoms. The fraction of sp³-hybridized carbons (Fsp3) is 0.0833. The molecule has 0 fully saturated rings. The summed E-state index contributed by atoms with van der Waals surface area (Å²) in [5, 5.41) is 3.99. The van der Waals surface area contributed by atoms with E-state index in [0.29, 0.717) is 0 Å². The molecule has 0 saturated heterocycles. The van der Waals surface area contributed by atoms with Crippen LogP contribution in [0.3, 0.4) is 0 Å². The Kier molecular flexibility index (Phi) is 3.80. The number of halogens is 2. The van der Waals surface area contributed by atoms with Gasteiger partial charge >= 0.3 is 0 Å². The second-order valence-electron chi connectivity index (χ2n) is 3.33. The molecular formula is C12H10BrClN2. The molecule has 0 radical (unpaired) electrons. The van der Waals surface area contributed by atoms with Crippen LogP contribution >= 0.6 is 27.5 Å². The van der Waals surface area contributed by atoms with E-state index in [1.807, 2.05) is 42.5 Å². The van der Waals surface area contributed by atoms with E-state index in [4.69, 9.17) is 11.6 Å². The molecule has 0 saturated carbocycles. The summed E-state index contributed by atoms with van der Waals surface area (Å²) < 4.78 is 0.827. The average Bonchev–Trinajstić information content (AvgIpc) is 2.28. The number of hydrogen-bond donors (Lipinski definition) is 1. The van der Waals surface area contributed by atoms with Crippen LogP contribution in [0.1, 0.15) is 5.56 Å². The van der Waals surface area contributed by atoms with E-state index >= 15 is 0 Å². The SMILES string of the molecule is Clc1ccc(CNc2cccc(Br)n2)cc1. The molecule has 2 aromatic rings. The number of anilines is 1. The van der Waals surface area contributed by atoms with Gasteiger partial charge in [-0.3, -0.25) is 0 Å². The van der Waals surface area contributed by atoms with Crippen LogP contribution < -0.4 is 5.32 Å². The Hall–Kier alpha value is -1.06. The van der Waals surface area contributed by atoms with Gasteiger partial charge in [-0.25, -0.2) is 4.98 Å². The zero-order chi connectivity index (χ0) is 11.4. The van der Waals surface area contributed by atoms with Crippen molar-refractivity contribution in [1.29, 1.82) is 0 Å². The Morgan fingerprint density at radius 1 is 1.12 bits per heavy atom. The minimum absolute atomic E-state index is 0.737. The number of aromatic nitrogens is 1. The Morgan fingerprint density at radius 3 is 2.56 bits per heavy atom. The fourth-order valence-electron chi connectivity index (χ4n) is 1.30. The van der Waals surface area contributed by atoms with Crippen molar-refractivity contribution in [2.24, 2.45) is 0 Å². The molecule has 1 N–H and O–H groups in total.